The van der Waals surface area contributed by atoms with Gasteiger partial charge in [0.25, 0.3) is 0 Å². The first-order chi connectivity index (χ1) is 20.8. The number of hydrogen-bond acceptors (Lipinski definition) is 9. The van der Waals surface area contributed by atoms with E-state index in [1.54, 1.807) is 51.1 Å². The van der Waals surface area contributed by atoms with Crippen LogP contribution in [0.1, 0.15) is 37.5 Å². The minimum atomic E-state index is -1.83. The van der Waals surface area contributed by atoms with Crippen LogP contribution in [0.3, 0.4) is 0 Å². The topological polar surface area (TPSA) is 155 Å². The molecule has 0 aromatic heterocycles. The molecule has 0 saturated heterocycles. The van der Waals surface area contributed by atoms with E-state index < -0.39 is 42.8 Å². The minimum absolute atomic E-state index is 0.0377. The lowest BCUT2D eigenvalue weighted by Gasteiger charge is -2.31. The van der Waals surface area contributed by atoms with Crippen LogP contribution in [0.15, 0.2) is 72.8 Å². The Kier molecular flexibility index (Phi) is 11.8. The van der Waals surface area contributed by atoms with Gasteiger partial charge in [-0.1, -0.05) is 54.6 Å². The zero-order valence-corrected chi connectivity index (χ0v) is 25.5. The van der Waals surface area contributed by atoms with Gasteiger partial charge in [-0.25, -0.2) is 9.59 Å². The summed E-state index contributed by atoms with van der Waals surface area (Å²) in [7, 11) is 0.986. The second kappa shape index (κ2) is 15.3. The van der Waals surface area contributed by atoms with E-state index in [9.17, 15) is 29.5 Å². The monoisotopic (exact) mass is 606 g/mol. The van der Waals surface area contributed by atoms with Gasteiger partial charge in [-0.15, -0.1) is 0 Å². The summed E-state index contributed by atoms with van der Waals surface area (Å²) in [5.41, 5.74) is 1.15. The maximum atomic E-state index is 13.9. The van der Waals surface area contributed by atoms with Crippen LogP contribution in [0, 0.1) is 0 Å². The standard InChI is InChI=1S/C32H39BN2O9/c1-32(2,3)44-31(39)35(4)27(19-21-11-14-24(36)15-12-21)29(37)34-26(30(38)43-20-22-9-7-6-8-10-22)18-23-13-16-28(42-5)25(17-23)33(40)41/h6-17,26-27,36,40-41H,18-20H2,1-5H3,(H,34,37). The zero-order valence-electron chi connectivity index (χ0n) is 25.5. The number of phenolic OH excluding ortho intramolecular Hbond substituents is 1. The number of hydrogen-bond donors (Lipinski definition) is 4. The quantitative estimate of drug-likeness (QED) is 0.180. The normalized spacial score (nSPS) is 12.4. The second-order valence-electron chi connectivity index (χ2n) is 11.3. The van der Waals surface area contributed by atoms with Crippen LogP contribution in [0.5, 0.6) is 11.5 Å². The van der Waals surface area contributed by atoms with Crippen LogP contribution in [-0.4, -0.2) is 77.0 Å². The molecule has 2 amide bonds. The number of esters is 1. The van der Waals surface area contributed by atoms with Gasteiger partial charge in [-0.2, -0.15) is 0 Å². The Balaban J connectivity index is 1.92. The number of likely N-dealkylation sites (N-methyl/N-ethyl adjacent to an activating group) is 1. The van der Waals surface area contributed by atoms with E-state index in [4.69, 9.17) is 14.2 Å². The van der Waals surface area contributed by atoms with Gasteiger partial charge in [0, 0.05) is 25.4 Å². The lowest BCUT2D eigenvalue weighted by Crippen LogP contribution is -2.54. The molecule has 234 valence electrons. The fourth-order valence-corrected chi connectivity index (χ4v) is 4.36. The van der Waals surface area contributed by atoms with Gasteiger partial charge in [-0.05, 0) is 55.7 Å². The summed E-state index contributed by atoms with van der Waals surface area (Å²) in [4.78, 5) is 41.5. The van der Waals surface area contributed by atoms with Gasteiger partial charge in [0.2, 0.25) is 5.91 Å². The highest BCUT2D eigenvalue weighted by molar-refractivity contribution is 6.59. The average molecular weight is 606 g/mol. The first-order valence-corrected chi connectivity index (χ1v) is 14.0. The average Bonchev–Trinajstić information content (AvgIpc) is 2.98. The summed E-state index contributed by atoms with van der Waals surface area (Å²) >= 11 is 0. The summed E-state index contributed by atoms with van der Waals surface area (Å²) < 4.78 is 16.3. The number of nitrogens with one attached hydrogen (secondary N) is 1. The molecule has 0 fully saturated rings. The van der Waals surface area contributed by atoms with Gasteiger partial charge in [0.15, 0.2) is 0 Å². The van der Waals surface area contributed by atoms with E-state index in [0.717, 1.165) is 10.5 Å². The molecule has 44 heavy (non-hydrogen) atoms. The summed E-state index contributed by atoms with van der Waals surface area (Å²) in [6.07, 6.45) is -0.751. The summed E-state index contributed by atoms with van der Waals surface area (Å²) in [6.45, 7) is 5.08. The van der Waals surface area contributed by atoms with Crippen molar-refractivity contribution >= 4 is 30.6 Å². The van der Waals surface area contributed by atoms with Crippen molar-refractivity contribution in [3.05, 3.63) is 89.5 Å². The van der Waals surface area contributed by atoms with Crippen molar-refractivity contribution in [2.45, 2.75) is 57.9 Å². The third kappa shape index (κ3) is 10.0. The fourth-order valence-electron chi connectivity index (χ4n) is 4.36. The molecular formula is C32H39BN2O9. The summed E-state index contributed by atoms with van der Waals surface area (Å²) in [6, 6.07) is 17.5. The number of phenols is 1. The minimum Gasteiger partial charge on any atom is -0.508 e. The van der Waals surface area contributed by atoms with Crippen molar-refractivity contribution in [3.63, 3.8) is 0 Å². The molecule has 2 atom stereocenters. The Morgan fingerprint density at radius 2 is 1.55 bits per heavy atom. The molecule has 0 aliphatic rings. The number of ether oxygens (including phenoxy) is 3. The molecule has 2 unspecified atom stereocenters. The first-order valence-electron chi connectivity index (χ1n) is 14.0. The molecule has 0 aliphatic heterocycles. The van der Waals surface area contributed by atoms with E-state index in [1.165, 1.54) is 38.4 Å². The Hall–Kier alpha value is -4.55. The fraction of sp³-hybridized carbons (Fsp3) is 0.344. The highest BCUT2D eigenvalue weighted by atomic mass is 16.6. The van der Waals surface area contributed by atoms with Gasteiger partial charge in [-0.3, -0.25) is 9.69 Å². The number of amides is 2. The lowest BCUT2D eigenvalue weighted by molar-refractivity contribution is -0.149. The van der Waals surface area contributed by atoms with Crippen molar-refractivity contribution in [3.8, 4) is 11.5 Å². The highest BCUT2D eigenvalue weighted by Gasteiger charge is 2.34. The molecule has 0 bridgehead atoms. The molecule has 0 spiro atoms. The zero-order chi connectivity index (χ0) is 32.4. The molecule has 3 rings (SSSR count). The Labute approximate surface area is 257 Å². The Bertz CT molecular complexity index is 1410. The highest BCUT2D eigenvalue weighted by Crippen LogP contribution is 2.18. The van der Waals surface area contributed by atoms with Gasteiger partial charge in [0.1, 0.15) is 35.8 Å². The molecule has 0 radical (unpaired) electrons. The SMILES string of the molecule is COc1ccc(CC(NC(=O)C(Cc2ccc(O)cc2)N(C)C(=O)OC(C)(C)C)C(=O)OCc2ccccc2)cc1B(O)O. The van der Waals surface area contributed by atoms with Crippen LogP contribution >= 0.6 is 0 Å². The van der Waals surface area contributed by atoms with Crippen LogP contribution < -0.4 is 15.5 Å². The van der Waals surface area contributed by atoms with Gasteiger partial charge < -0.3 is 34.7 Å². The number of rotatable bonds is 12. The number of methoxy groups -OCH3 is 1. The maximum absolute atomic E-state index is 13.9. The number of carbonyl (C=O) groups is 3. The number of nitrogens with zero attached hydrogens (tertiary/aromatic N) is 1. The number of benzene rings is 3. The number of carbonyl (C=O) groups excluding carboxylic acids is 3. The molecule has 0 saturated carbocycles. The molecule has 3 aromatic carbocycles. The molecule has 11 nitrogen and oxygen atoms in total. The van der Waals surface area contributed by atoms with Crippen molar-refractivity contribution in [2.24, 2.45) is 0 Å². The second-order valence-corrected chi connectivity index (χ2v) is 11.3. The molecule has 0 heterocycles. The van der Waals surface area contributed by atoms with Crippen molar-refractivity contribution in [1.82, 2.24) is 10.2 Å². The van der Waals surface area contributed by atoms with E-state index in [-0.39, 0.29) is 36.4 Å². The summed E-state index contributed by atoms with van der Waals surface area (Å²) in [5.74, 6) is -1.09. The van der Waals surface area contributed by atoms with Gasteiger partial charge >= 0.3 is 19.2 Å². The van der Waals surface area contributed by atoms with Crippen LogP contribution in [0.25, 0.3) is 0 Å². The van der Waals surface area contributed by atoms with E-state index in [1.807, 2.05) is 18.2 Å². The van der Waals surface area contributed by atoms with E-state index in [2.05, 4.69) is 5.32 Å². The van der Waals surface area contributed by atoms with Gasteiger partial charge in [0.05, 0.1) is 7.11 Å². The molecule has 3 aromatic rings. The smallest absolute Gasteiger partial charge is 0.492 e. The molecule has 0 aliphatic carbocycles. The predicted molar refractivity (Wildman–Crippen MR) is 164 cm³/mol. The lowest BCUT2D eigenvalue weighted by atomic mass is 9.78. The first kappa shape index (κ1) is 34.0. The van der Waals surface area contributed by atoms with E-state index in [0.29, 0.717) is 11.1 Å². The van der Waals surface area contributed by atoms with Crippen molar-refractivity contribution in [2.75, 3.05) is 14.2 Å². The number of aromatic hydroxyl groups is 1. The van der Waals surface area contributed by atoms with Crippen LogP contribution in [-0.2, 0) is 38.5 Å². The third-order valence-electron chi connectivity index (χ3n) is 6.65. The molecule has 4 N–H and O–H groups in total. The third-order valence-corrected chi connectivity index (χ3v) is 6.65. The van der Waals surface area contributed by atoms with Crippen LogP contribution in [0.4, 0.5) is 4.79 Å². The van der Waals surface area contributed by atoms with Crippen molar-refractivity contribution in [1.29, 1.82) is 0 Å². The molecule has 12 heteroatoms. The maximum Gasteiger partial charge on any atom is 0.492 e. The van der Waals surface area contributed by atoms with Crippen LogP contribution in [0.2, 0.25) is 0 Å². The van der Waals surface area contributed by atoms with E-state index >= 15 is 0 Å². The summed E-state index contributed by atoms with van der Waals surface area (Å²) in [5, 5.41) is 32.1. The Morgan fingerprint density at radius 1 is 0.909 bits per heavy atom. The largest absolute Gasteiger partial charge is 0.508 e. The Morgan fingerprint density at radius 3 is 2.14 bits per heavy atom. The molecular weight excluding hydrogens is 567 g/mol. The predicted octanol–water partition coefficient (Wildman–Crippen LogP) is 2.33. The van der Waals surface area contributed by atoms with Crippen molar-refractivity contribution < 1.29 is 43.7 Å².